The standard InChI is InChI=1S/C19H18F2N2O3/c20-16-2-1-3-17(21)15(16)4-5-18(24)22-14-6-9-23(10-7-14)19(25)13-8-11-26-12-13/h1-5,8,11-12,14H,6-7,9-10H2,(H,22,24)/b5-4+. The van der Waals surface area contributed by atoms with Crippen LogP contribution in [0.5, 0.6) is 0 Å². The second-order valence-electron chi connectivity index (χ2n) is 6.06. The molecule has 1 saturated heterocycles. The van der Waals surface area contributed by atoms with Crippen molar-refractivity contribution >= 4 is 17.9 Å². The maximum absolute atomic E-state index is 13.5. The molecule has 2 heterocycles. The fourth-order valence-electron chi connectivity index (χ4n) is 2.87. The Bertz CT molecular complexity index is 790. The topological polar surface area (TPSA) is 62.6 Å². The minimum Gasteiger partial charge on any atom is -0.472 e. The number of carbonyl (C=O) groups is 2. The van der Waals surface area contributed by atoms with E-state index in [0.717, 1.165) is 24.3 Å². The molecule has 1 aliphatic heterocycles. The van der Waals surface area contributed by atoms with Gasteiger partial charge in [-0.1, -0.05) is 6.07 Å². The smallest absolute Gasteiger partial charge is 0.257 e. The second-order valence-corrected chi connectivity index (χ2v) is 6.06. The molecule has 26 heavy (non-hydrogen) atoms. The van der Waals surface area contributed by atoms with Gasteiger partial charge in [0.25, 0.3) is 5.91 Å². The Labute approximate surface area is 149 Å². The van der Waals surface area contributed by atoms with Crippen LogP contribution in [0.2, 0.25) is 0 Å². The number of hydrogen-bond donors (Lipinski definition) is 1. The molecule has 1 fully saturated rings. The Balaban J connectivity index is 1.51. The van der Waals surface area contributed by atoms with Gasteiger partial charge in [-0.15, -0.1) is 0 Å². The van der Waals surface area contributed by atoms with Crippen molar-refractivity contribution in [3.8, 4) is 0 Å². The van der Waals surface area contributed by atoms with E-state index < -0.39 is 17.5 Å². The molecule has 0 unspecified atom stereocenters. The van der Waals surface area contributed by atoms with Gasteiger partial charge in [-0.2, -0.15) is 0 Å². The summed E-state index contributed by atoms with van der Waals surface area (Å²) in [5, 5.41) is 2.80. The molecule has 1 aliphatic rings. The fraction of sp³-hybridized carbons (Fsp3) is 0.263. The lowest BCUT2D eigenvalue weighted by Crippen LogP contribution is -2.46. The van der Waals surface area contributed by atoms with Gasteiger partial charge in [-0.05, 0) is 37.1 Å². The molecule has 3 rings (SSSR count). The highest BCUT2D eigenvalue weighted by atomic mass is 19.1. The first-order valence-electron chi connectivity index (χ1n) is 8.28. The third-order valence-electron chi connectivity index (χ3n) is 4.30. The van der Waals surface area contributed by atoms with Gasteiger partial charge in [-0.3, -0.25) is 9.59 Å². The van der Waals surface area contributed by atoms with E-state index in [4.69, 9.17) is 4.42 Å². The fourth-order valence-corrected chi connectivity index (χ4v) is 2.87. The molecule has 2 aromatic rings. The average Bonchev–Trinajstić information content (AvgIpc) is 3.16. The van der Waals surface area contributed by atoms with Crippen molar-refractivity contribution < 1.29 is 22.8 Å². The average molecular weight is 360 g/mol. The van der Waals surface area contributed by atoms with Crippen molar-refractivity contribution in [1.82, 2.24) is 10.2 Å². The number of piperidine rings is 1. The van der Waals surface area contributed by atoms with E-state index >= 15 is 0 Å². The highest BCUT2D eigenvalue weighted by Gasteiger charge is 2.24. The first kappa shape index (κ1) is 17.8. The number of benzene rings is 1. The number of hydrogen-bond acceptors (Lipinski definition) is 3. The highest BCUT2D eigenvalue weighted by molar-refractivity contribution is 5.94. The number of furan rings is 1. The Kier molecular flexibility index (Phi) is 5.46. The van der Waals surface area contributed by atoms with Gasteiger partial charge in [0, 0.05) is 30.8 Å². The largest absolute Gasteiger partial charge is 0.472 e. The van der Waals surface area contributed by atoms with Crippen molar-refractivity contribution in [2.24, 2.45) is 0 Å². The molecule has 5 nitrogen and oxygen atoms in total. The minimum atomic E-state index is -0.722. The van der Waals surface area contributed by atoms with Crippen molar-refractivity contribution in [3.05, 3.63) is 65.6 Å². The van der Waals surface area contributed by atoms with Crippen LogP contribution in [0.15, 0.2) is 47.3 Å². The molecule has 0 saturated carbocycles. The Morgan fingerprint density at radius 2 is 1.85 bits per heavy atom. The molecule has 1 aromatic carbocycles. The van der Waals surface area contributed by atoms with Crippen LogP contribution in [0.3, 0.4) is 0 Å². The first-order valence-corrected chi connectivity index (χ1v) is 8.28. The lowest BCUT2D eigenvalue weighted by Gasteiger charge is -2.32. The lowest BCUT2D eigenvalue weighted by atomic mass is 10.0. The van der Waals surface area contributed by atoms with Crippen molar-refractivity contribution in [1.29, 1.82) is 0 Å². The molecule has 1 N–H and O–H groups in total. The van der Waals surface area contributed by atoms with E-state index in [-0.39, 0.29) is 17.5 Å². The molecule has 1 aromatic heterocycles. The molecular formula is C19H18F2N2O3. The number of amides is 2. The Hall–Kier alpha value is -2.96. The van der Waals surface area contributed by atoms with Crippen molar-refractivity contribution in [2.45, 2.75) is 18.9 Å². The monoisotopic (exact) mass is 360 g/mol. The molecular weight excluding hydrogens is 342 g/mol. The summed E-state index contributed by atoms with van der Waals surface area (Å²) in [6.45, 7) is 1.03. The maximum Gasteiger partial charge on any atom is 0.257 e. The van der Waals surface area contributed by atoms with Crippen LogP contribution in [-0.4, -0.2) is 35.8 Å². The molecule has 0 radical (unpaired) electrons. The normalized spacial score (nSPS) is 15.4. The number of halogens is 2. The molecule has 0 atom stereocenters. The van der Waals surface area contributed by atoms with E-state index in [9.17, 15) is 18.4 Å². The summed E-state index contributed by atoms with van der Waals surface area (Å²) in [6, 6.07) is 5.05. The second kappa shape index (κ2) is 7.95. The van der Waals surface area contributed by atoms with Crippen LogP contribution in [0.4, 0.5) is 8.78 Å². The van der Waals surface area contributed by atoms with Gasteiger partial charge in [0.05, 0.1) is 11.8 Å². The van der Waals surface area contributed by atoms with Crippen LogP contribution >= 0.6 is 0 Å². The third-order valence-corrected chi connectivity index (χ3v) is 4.30. The molecule has 7 heteroatoms. The predicted octanol–water partition coefficient (Wildman–Crippen LogP) is 2.99. The molecule has 0 aliphatic carbocycles. The molecule has 0 bridgehead atoms. The van der Waals surface area contributed by atoms with E-state index in [1.165, 1.54) is 18.6 Å². The SMILES string of the molecule is O=C(/C=C/c1c(F)cccc1F)NC1CCN(C(=O)c2ccoc2)CC1. The van der Waals surface area contributed by atoms with Crippen LogP contribution in [-0.2, 0) is 4.79 Å². The van der Waals surface area contributed by atoms with Crippen molar-refractivity contribution in [2.75, 3.05) is 13.1 Å². The quantitative estimate of drug-likeness (QED) is 0.853. The van der Waals surface area contributed by atoms with Gasteiger partial charge in [0.2, 0.25) is 5.91 Å². The van der Waals surface area contributed by atoms with E-state index in [0.29, 0.717) is 31.5 Å². The number of likely N-dealkylation sites (tertiary alicyclic amines) is 1. The number of nitrogens with zero attached hydrogens (tertiary/aromatic N) is 1. The summed E-state index contributed by atoms with van der Waals surface area (Å²) < 4.78 is 32.0. The van der Waals surface area contributed by atoms with Crippen LogP contribution < -0.4 is 5.32 Å². The molecule has 0 spiro atoms. The number of rotatable bonds is 4. The van der Waals surface area contributed by atoms with Crippen LogP contribution in [0, 0.1) is 11.6 Å². The number of carbonyl (C=O) groups excluding carboxylic acids is 2. The Morgan fingerprint density at radius 1 is 1.15 bits per heavy atom. The third kappa shape index (κ3) is 4.17. The maximum atomic E-state index is 13.5. The summed E-state index contributed by atoms with van der Waals surface area (Å²) in [6.07, 6.45) is 6.31. The predicted molar refractivity (Wildman–Crippen MR) is 91.2 cm³/mol. The van der Waals surface area contributed by atoms with Gasteiger partial charge < -0.3 is 14.6 Å². The minimum absolute atomic E-state index is 0.0917. The summed E-state index contributed by atoms with van der Waals surface area (Å²) in [4.78, 5) is 25.9. The van der Waals surface area contributed by atoms with E-state index in [1.54, 1.807) is 11.0 Å². The van der Waals surface area contributed by atoms with Gasteiger partial charge >= 0.3 is 0 Å². The van der Waals surface area contributed by atoms with Crippen molar-refractivity contribution in [3.63, 3.8) is 0 Å². The zero-order valence-electron chi connectivity index (χ0n) is 14.0. The van der Waals surface area contributed by atoms with Gasteiger partial charge in [0.15, 0.2) is 0 Å². The Morgan fingerprint density at radius 3 is 2.46 bits per heavy atom. The molecule has 136 valence electrons. The zero-order valence-corrected chi connectivity index (χ0v) is 14.0. The van der Waals surface area contributed by atoms with E-state index in [1.807, 2.05) is 0 Å². The first-order chi connectivity index (χ1) is 12.5. The van der Waals surface area contributed by atoms with Gasteiger partial charge in [0.1, 0.15) is 17.9 Å². The van der Waals surface area contributed by atoms with Gasteiger partial charge in [-0.25, -0.2) is 8.78 Å². The summed E-state index contributed by atoms with van der Waals surface area (Å²) in [7, 11) is 0. The summed E-state index contributed by atoms with van der Waals surface area (Å²) >= 11 is 0. The number of nitrogens with one attached hydrogen (secondary N) is 1. The summed E-state index contributed by atoms with van der Waals surface area (Å²) in [5.41, 5.74) is 0.255. The van der Waals surface area contributed by atoms with E-state index in [2.05, 4.69) is 5.32 Å². The zero-order chi connectivity index (χ0) is 18.5. The summed E-state index contributed by atoms with van der Waals surface area (Å²) in [5.74, 6) is -1.97. The van der Waals surface area contributed by atoms with Crippen LogP contribution in [0.25, 0.3) is 6.08 Å². The van der Waals surface area contributed by atoms with Crippen LogP contribution in [0.1, 0.15) is 28.8 Å². The molecule has 2 amide bonds. The lowest BCUT2D eigenvalue weighted by molar-refractivity contribution is -0.117. The highest BCUT2D eigenvalue weighted by Crippen LogP contribution is 2.15.